The van der Waals surface area contributed by atoms with Gasteiger partial charge in [-0.1, -0.05) is 25.6 Å². The fourth-order valence-corrected chi connectivity index (χ4v) is 2.22. The first-order valence-corrected chi connectivity index (χ1v) is 11.0. The van der Waals surface area contributed by atoms with Crippen LogP contribution >= 0.6 is 0 Å². The maximum atomic E-state index is 11.1. The van der Waals surface area contributed by atoms with E-state index in [1.807, 2.05) is 0 Å². The molecule has 6 heteroatoms. The zero-order valence-corrected chi connectivity index (χ0v) is 13.6. The SMILES string of the molecule is COc1cc(C#C[Si](C)(C)C)ccc1OS(C)(=O)=O. The molecule has 104 valence electrons. The molecule has 0 unspecified atom stereocenters. The second-order valence-electron chi connectivity index (χ2n) is 5.15. The zero-order valence-electron chi connectivity index (χ0n) is 11.8. The summed E-state index contributed by atoms with van der Waals surface area (Å²) in [7, 11) is -3.56. The van der Waals surface area contributed by atoms with Crippen LogP contribution in [0.1, 0.15) is 5.56 Å². The van der Waals surface area contributed by atoms with Gasteiger partial charge in [-0.15, -0.1) is 5.54 Å². The van der Waals surface area contributed by atoms with Crippen molar-refractivity contribution >= 4 is 18.2 Å². The van der Waals surface area contributed by atoms with Gasteiger partial charge in [-0.2, -0.15) is 8.42 Å². The molecule has 0 heterocycles. The summed E-state index contributed by atoms with van der Waals surface area (Å²) in [6, 6.07) is 4.94. The van der Waals surface area contributed by atoms with Crippen LogP contribution in [0.5, 0.6) is 11.5 Å². The Morgan fingerprint density at radius 3 is 2.26 bits per heavy atom. The van der Waals surface area contributed by atoms with Crippen molar-refractivity contribution in [3.8, 4) is 23.0 Å². The van der Waals surface area contributed by atoms with Gasteiger partial charge in [0, 0.05) is 5.56 Å². The molecule has 0 bridgehead atoms. The molecular formula is C13H18O4SSi. The van der Waals surface area contributed by atoms with E-state index in [2.05, 4.69) is 31.1 Å². The minimum absolute atomic E-state index is 0.170. The highest BCUT2D eigenvalue weighted by atomic mass is 32.2. The van der Waals surface area contributed by atoms with Crippen LogP contribution in [-0.2, 0) is 10.1 Å². The topological polar surface area (TPSA) is 52.6 Å². The number of benzene rings is 1. The highest BCUT2D eigenvalue weighted by Gasteiger charge is 2.11. The van der Waals surface area contributed by atoms with E-state index in [4.69, 9.17) is 8.92 Å². The average molecular weight is 298 g/mol. The van der Waals surface area contributed by atoms with Crippen molar-refractivity contribution in [2.24, 2.45) is 0 Å². The lowest BCUT2D eigenvalue weighted by Crippen LogP contribution is -2.16. The van der Waals surface area contributed by atoms with E-state index >= 15 is 0 Å². The molecule has 19 heavy (non-hydrogen) atoms. The number of ether oxygens (including phenoxy) is 1. The maximum Gasteiger partial charge on any atom is 0.306 e. The average Bonchev–Trinajstić information content (AvgIpc) is 2.24. The molecule has 0 aromatic heterocycles. The van der Waals surface area contributed by atoms with Crippen molar-refractivity contribution in [1.82, 2.24) is 0 Å². The summed E-state index contributed by atoms with van der Waals surface area (Å²) in [4.78, 5) is 0. The molecule has 0 saturated carbocycles. The van der Waals surface area contributed by atoms with Crippen molar-refractivity contribution in [2.75, 3.05) is 13.4 Å². The van der Waals surface area contributed by atoms with Crippen LogP contribution in [0.15, 0.2) is 18.2 Å². The molecule has 0 radical (unpaired) electrons. The Kier molecular flexibility index (Phi) is 4.66. The van der Waals surface area contributed by atoms with Crippen LogP contribution in [0.4, 0.5) is 0 Å². The van der Waals surface area contributed by atoms with Crippen molar-refractivity contribution in [3.63, 3.8) is 0 Å². The Morgan fingerprint density at radius 2 is 1.79 bits per heavy atom. The normalized spacial score (nSPS) is 11.4. The van der Waals surface area contributed by atoms with Gasteiger partial charge < -0.3 is 8.92 Å². The van der Waals surface area contributed by atoms with Gasteiger partial charge >= 0.3 is 10.1 Å². The van der Waals surface area contributed by atoms with Gasteiger partial charge in [-0.25, -0.2) is 0 Å². The predicted octanol–water partition coefficient (Wildman–Crippen LogP) is 2.26. The summed E-state index contributed by atoms with van der Waals surface area (Å²) in [6.45, 7) is 6.45. The lowest BCUT2D eigenvalue weighted by Gasteiger charge is -2.09. The van der Waals surface area contributed by atoms with Crippen LogP contribution in [0.25, 0.3) is 0 Å². The van der Waals surface area contributed by atoms with Gasteiger partial charge in [-0.05, 0) is 18.2 Å². The van der Waals surface area contributed by atoms with Crippen molar-refractivity contribution in [2.45, 2.75) is 19.6 Å². The summed E-state index contributed by atoms with van der Waals surface area (Å²) >= 11 is 0. The Bertz CT molecular complexity index is 618. The van der Waals surface area contributed by atoms with Crippen LogP contribution < -0.4 is 8.92 Å². The molecule has 1 rings (SSSR count). The van der Waals surface area contributed by atoms with Gasteiger partial charge in [-0.3, -0.25) is 0 Å². The van der Waals surface area contributed by atoms with E-state index in [-0.39, 0.29) is 5.75 Å². The molecule has 0 N–H and O–H groups in total. The van der Waals surface area contributed by atoms with Crippen molar-refractivity contribution in [1.29, 1.82) is 0 Å². The molecule has 0 spiro atoms. The first kappa shape index (κ1) is 15.6. The molecule has 0 aliphatic carbocycles. The van der Waals surface area contributed by atoms with E-state index < -0.39 is 18.2 Å². The van der Waals surface area contributed by atoms with Gasteiger partial charge in [0.25, 0.3) is 0 Å². The highest BCUT2D eigenvalue weighted by molar-refractivity contribution is 7.86. The molecule has 0 aliphatic heterocycles. The Hall–Kier alpha value is -1.45. The number of hydrogen-bond acceptors (Lipinski definition) is 4. The first-order chi connectivity index (χ1) is 8.61. The van der Waals surface area contributed by atoms with Gasteiger partial charge in [0.05, 0.1) is 13.4 Å². The second-order valence-corrected chi connectivity index (χ2v) is 11.5. The number of methoxy groups -OCH3 is 1. The lowest BCUT2D eigenvalue weighted by molar-refractivity contribution is 0.391. The van der Waals surface area contributed by atoms with E-state index in [1.54, 1.807) is 18.2 Å². The van der Waals surface area contributed by atoms with E-state index in [1.165, 1.54) is 7.11 Å². The summed E-state index contributed by atoms with van der Waals surface area (Å²) in [5.41, 5.74) is 4.01. The van der Waals surface area contributed by atoms with Crippen molar-refractivity contribution < 1.29 is 17.3 Å². The summed E-state index contributed by atoms with van der Waals surface area (Å²) in [5.74, 6) is 3.60. The molecule has 1 aromatic carbocycles. The molecule has 0 saturated heterocycles. The van der Waals surface area contributed by atoms with Crippen LogP contribution in [0.2, 0.25) is 19.6 Å². The van der Waals surface area contributed by atoms with Crippen molar-refractivity contribution in [3.05, 3.63) is 23.8 Å². The second kappa shape index (κ2) is 5.68. The summed E-state index contributed by atoms with van der Waals surface area (Å²) in [6.07, 6.45) is 0.991. The highest BCUT2D eigenvalue weighted by Crippen LogP contribution is 2.28. The molecule has 0 fully saturated rings. The zero-order chi connectivity index (χ0) is 14.7. The van der Waals surface area contributed by atoms with Crippen LogP contribution in [0, 0.1) is 11.5 Å². The van der Waals surface area contributed by atoms with E-state index in [0.717, 1.165) is 11.8 Å². The minimum Gasteiger partial charge on any atom is -0.493 e. The van der Waals surface area contributed by atoms with Gasteiger partial charge in [0.2, 0.25) is 0 Å². The van der Waals surface area contributed by atoms with Crippen LogP contribution in [-0.4, -0.2) is 29.9 Å². The summed E-state index contributed by atoms with van der Waals surface area (Å²) < 4.78 is 32.2. The maximum absolute atomic E-state index is 11.1. The number of rotatable bonds is 3. The fraction of sp³-hybridized carbons (Fsp3) is 0.385. The first-order valence-electron chi connectivity index (χ1n) is 5.71. The standard InChI is InChI=1S/C13H18O4SSi/c1-16-13-10-11(8-9-19(3,4)5)6-7-12(13)17-18(2,14)15/h6-7,10H,1-5H3. The molecule has 0 atom stereocenters. The Labute approximate surface area is 115 Å². The third-order valence-corrected chi connectivity index (χ3v) is 3.34. The Balaban J connectivity index is 3.12. The minimum atomic E-state index is -3.57. The van der Waals surface area contributed by atoms with E-state index in [0.29, 0.717) is 5.75 Å². The quantitative estimate of drug-likeness (QED) is 0.488. The Morgan fingerprint density at radius 1 is 1.16 bits per heavy atom. The van der Waals surface area contributed by atoms with Gasteiger partial charge in [0.1, 0.15) is 8.07 Å². The van der Waals surface area contributed by atoms with Gasteiger partial charge in [0.15, 0.2) is 11.5 Å². The predicted molar refractivity (Wildman–Crippen MR) is 78.7 cm³/mol. The lowest BCUT2D eigenvalue weighted by atomic mass is 10.2. The summed E-state index contributed by atoms with van der Waals surface area (Å²) in [5, 5.41) is 0. The van der Waals surface area contributed by atoms with E-state index in [9.17, 15) is 8.42 Å². The smallest absolute Gasteiger partial charge is 0.306 e. The molecular weight excluding hydrogens is 280 g/mol. The third kappa shape index (κ3) is 5.81. The molecule has 0 aliphatic rings. The molecule has 4 nitrogen and oxygen atoms in total. The fourth-order valence-electron chi connectivity index (χ4n) is 1.24. The monoisotopic (exact) mass is 298 g/mol. The number of hydrogen-bond donors (Lipinski definition) is 0. The molecule has 0 amide bonds. The third-order valence-electron chi connectivity index (χ3n) is 1.99. The largest absolute Gasteiger partial charge is 0.493 e. The van der Waals surface area contributed by atoms with Crippen LogP contribution in [0.3, 0.4) is 0 Å². The molecule has 1 aromatic rings.